The van der Waals surface area contributed by atoms with Crippen LogP contribution in [0, 0.1) is 0 Å². The molecule has 0 amide bonds. The molecule has 1 aromatic rings. The van der Waals surface area contributed by atoms with Gasteiger partial charge >= 0.3 is 0 Å². The molecule has 0 radical (unpaired) electrons. The fraction of sp³-hybridized carbons (Fsp3) is 0.714. The van der Waals surface area contributed by atoms with E-state index in [2.05, 4.69) is 16.1 Å². The van der Waals surface area contributed by atoms with Crippen LogP contribution in [-0.4, -0.2) is 63.8 Å². The van der Waals surface area contributed by atoms with Crippen LogP contribution in [0.2, 0.25) is 0 Å². The lowest BCUT2D eigenvalue weighted by Gasteiger charge is -2.37. The third-order valence-corrected chi connectivity index (χ3v) is 6.58. The smallest absolute Gasteiger partial charge is 0.209 e. The molecule has 1 saturated heterocycles. The molecule has 2 fully saturated rings. The minimum Gasteiger partial charge on any atom is -0.494 e. The maximum atomic E-state index is 11.6. The van der Waals surface area contributed by atoms with Gasteiger partial charge in [0.15, 0.2) is 0 Å². The molecule has 3 rings (SSSR count). The van der Waals surface area contributed by atoms with Crippen molar-refractivity contribution >= 4 is 10.0 Å². The normalized spacial score (nSPS) is 30.8. The summed E-state index contributed by atoms with van der Waals surface area (Å²) in [5, 5.41) is 14.1. The Morgan fingerprint density at radius 1 is 1.24 bits per heavy atom. The number of aliphatic hydroxyl groups excluding tert-OH is 1. The van der Waals surface area contributed by atoms with Gasteiger partial charge in [0.25, 0.3) is 0 Å². The van der Waals surface area contributed by atoms with Crippen molar-refractivity contribution in [3.63, 3.8) is 0 Å². The van der Waals surface area contributed by atoms with Gasteiger partial charge in [0.1, 0.15) is 5.75 Å². The molecule has 1 aromatic carbocycles. The molecule has 0 unspecified atom stereocenters. The first-order valence-electron chi connectivity index (χ1n) is 10.6. The Balaban J connectivity index is 1.55. The van der Waals surface area contributed by atoms with E-state index >= 15 is 0 Å². The van der Waals surface area contributed by atoms with Crippen molar-refractivity contribution in [2.75, 3.05) is 26.0 Å². The Kier molecular flexibility index (Phi) is 7.92. The molecule has 5 atom stereocenters. The number of aliphatic hydroxyl groups is 1. The zero-order valence-electron chi connectivity index (χ0n) is 17.3. The Bertz CT molecular complexity index is 757. The number of nitrogens with one attached hydrogen (secondary N) is 2. The summed E-state index contributed by atoms with van der Waals surface area (Å²) in [4.78, 5) is 0. The van der Waals surface area contributed by atoms with Gasteiger partial charge in [0.05, 0.1) is 31.7 Å². The number of benzene rings is 1. The van der Waals surface area contributed by atoms with Gasteiger partial charge in [-0.2, -0.15) is 0 Å². The summed E-state index contributed by atoms with van der Waals surface area (Å²) >= 11 is 0. The van der Waals surface area contributed by atoms with Crippen molar-refractivity contribution in [2.45, 2.75) is 69.2 Å². The Morgan fingerprint density at radius 3 is 2.76 bits per heavy atom. The van der Waals surface area contributed by atoms with Gasteiger partial charge in [0, 0.05) is 12.1 Å². The summed E-state index contributed by atoms with van der Waals surface area (Å²) in [6, 6.07) is 7.79. The molecule has 1 aliphatic heterocycles. The number of ether oxygens (including phenoxy) is 2. The summed E-state index contributed by atoms with van der Waals surface area (Å²) in [6.07, 6.45) is 4.45. The standard InChI is InChI=1S/C21H34N2O5S/c1-3-27-20-9-5-4-7-16(20)15-10-11-21(19(24)13-15)28-14-18-17(8-6-12-22-18)23-29(2,25)26/h4-5,7,9,15,17-19,21-24H,3,6,8,10-14H2,1-2H3/t15-,17-,18-,19+,21+/m0/s1. The number of rotatable bonds is 8. The molecule has 29 heavy (non-hydrogen) atoms. The predicted molar refractivity (Wildman–Crippen MR) is 113 cm³/mol. The van der Waals surface area contributed by atoms with Gasteiger partial charge in [-0.1, -0.05) is 18.2 Å². The topological polar surface area (TPSA) is 96.9 Å². The van der Waals surface area contributed by atoms with Crippen molar-refractivity contribution in [1.82, 2.24) is 10.0 Å². The van der Waals surface area contributed by atoms with Gasteiger partial charge in [-0.05, 0) is 63.1 Å². The molecule has 0 bridgehead atoms. The molecule has 3 N–H and O–H groups in total. The molecule has 8 heteroatoms. The van der Waals surface area contributed by atoms with Gasteiger partial charge in [-0.15, -0.1) is 0 Å². The lowest BCUT2D eigenvalue weighted by atomic mass is 9.80. The van der Waals surface area contributed by atoms with E-state index in [4.69, 9.17) is 9.47 Å². The van der Waals surface area contributed by atoms with E-state index in [9.17, 15) is 13.5 Å². The fourth-order valence-corrected chi connectivity index (χ4v) is 5.30. The molecule has 1 aliphatic carbocycles. The van der Waals surface area contributed by atoms with Crippen LogP contribution in [0.5, 0.6) is 5.75 Å². The minimum absolute atomic E-state index is 0.0814. The third-order valence-electron chi connectivity index (χ3n) is 5.85. The van der Waals surface area contributed by atoms with E-state index in [-0.39, 0.29) is 24.1 Å². The molecule has 0 aromatic heterocycles. The van der Waals surface area contributed by atoms with Crippen LogP contribution in [-0.2, 0) is 14.8 Å². The molecule has 0 spiro atoms. The van der Waals surface area contributed by atoms with Crippen LogP contribution in [0.25, 0.3) is 0 Å². The zero-order chi connectivity index (χ0) is 20.9. The van der Waals surface area contributed by atoms with Crippen LogP contribution < -0.4 is 14.8 Å². The Morgan fingerprint density at radius 2 is 2.03 bits per heavy atom. The number of sulfonamides is 1. The molecule has 7 nitrogen and oxygen atoms in total. The SMILES string of the molecule is CCOc1ccccc1[C@H]1CC[C@@H](OC[C@@H]2NCCC[C@@H]2NS(C)(=O)=O)[C@H](O)C1. The molecular weight excluding hydrogens is 392 g/mol. The summed E-state index contributed by atoms with van der Waals surface area (Å²) < 4.78 is 37.8. The third kappa shape index (κ3) is 6.39. The quantitative estimate of drug-likeness (QED) is 0.586. The second kappa shape index (κ2) is 10.2. The maximum Gasteiger partial charge on any atom is 0.209 e. The van der Waals surface area contributed by atoms with Crippen molar-refractivity contribution in [2.24, 2.45) is 0 Å². The molecule has 1 saturated carbocycles. The van der Waals surface area contributed by atoms with Crippen LogP contribution in [0.3, 0.4) is 0 Å². The van der Waals surface area contributed by atoms with Gasteiger partial charge in [-0.3, -0.25) is 0 Å². The van der Waals surface area contributed by atoms with Crippen LogP contribution >= 0.6 is 0 Å². The highest BCUT2D eigenvalue weighted by molar-refractivity contribution is 7.88. The van der Waals surface area contributed by atoms with Crippen LogP contribution in [0.1, 0.15) is 50.5 Å². The summed E-state index contributed by atoms with van der Waals surface area (Å²) in [5.41, 5.74) is 1.15. The van der Waals surface area contributed by atoms with Gasteiger partial charge < -0.3 is 19.9 Å². The average molecular weight is 427 g/mol. The van der Waals surface area contributed by atoms with Crippen LogP contribution in [0.4, 0.5) is 0 Å². The van der Waals surface area contributed by atoms with E-state index in [0.717, 1.165) is 43.5 Å². The molecule has 1 heterocycles. The average Bonchev–Trinajstić information content (AvgIpc) is 2.67. The molecule has 164 valence electrons. The highest BCUT2D eigenvalue weighted by atomic mass is 32.2. The lowest BCUT2D eigenvalue weighted by molar-refractivity contribution is -0.0716. The number of hydrogen-bond acceptors (Lipinski definition) is 6. The highest BCUT2D eigenvalue weighted by Gasteiger charge is 2.34. The van der Waals surface area contributed by atoms with Crippen molar-refractivity contribution in [1.29, 1.82) is 0 Å². The van der Waals surface area contributed by atoms with E-state index in [1.54, 1.807) is 0 Å². The van der Waals surface area contributed by atoms with E-state index in [0.29, 0.717) is 19.6 Å². The Labute approximate surface area is 174 Å². The fourth-order valence-electron chi connectivity index (χ4n) is 4.47. The first-order valence-corrected chi connectivity index (χ1v) is 12.5. The first-order chi connectivity index (χ1) is 13.9. The number of hydrogen-bond donors (Lipinski definition) is 3. The second-order valence-electron chi connectivity index (χ2n) is 8.12. The van der Waals surface area contributed by atoms with E-state index in [1.165, 1.54) is 6.26 Å². The van der Waals surface area contributed by atoms with E-state index < -0.39 is 16.1 Å². The minimum atomic E-state index is -3.26. The Hall–Kier alpha value is -1.19. The number of piperidine rings is 1. The van der Waals surface area contributed by atoms with Gasteiger partial charge in [0.2, 0.25) is 10.0 Å². The monoisotopic (exact) mass is 426 g/mol. The highest BCUT2D eigenvalue weighted by Crippen LogP contribution is 2.38. The second-order valence-corrected chi connectivity index (χ2v) is 9.90. The predicted octanol–water partition coefficient (Wildman–Crippen LogP) is 1.77. The summed E-state index contributed by atoms with van der Waals surface area (Å²) in [5.74, 6) is 1.15. The molecular formula is C21H34N2O5S. The maximum absolute atomic E-state index is 11.6. The van der Waals surface area contributed by atoms with Crippen molar-refractivity contribution in [3.8, 4) is 5.75 Å². The number of para-hydroxylation sites is 1. The lowest BCUT2D eigenvalue weighted by Crippen LogP contribution is -2.56. The first kappa shape index (κ1) is 22.5. The summed E-state index contributed by atoms with van der Waals surface area (Å²) in [7, 11) is -3.26. The van der Waals surface area contributed by atoms with Crippen molar-refractivity contribution in [3.05, 3.63) is 29.8 Å². The largest absolute Gasteiger partial charge is 0.494 e. The van der Waals surface area contributed by atoms with Crippen LogP contribution in [0.15, 0.2) is 24.3 Å². The van der Waals surface area contributed by atoms with E-state index in [1.807, 2.05) is 25.1 Å². The van der Waals surface area contributed by atoms with Gasteiger partial charge in [-0.25, -0.2) is 13.1 Å². The van der Waals surface area contributed by atoms with Crippen molar-refractivity contribution < 1.29 is 23.0 Å². The summed E-state index contributed by atoms with van der Waals surface area (Å²) in [6.45, 7) is 3.82. The zero-order valence-corrected chi connectivity index (χ0v) is 18.2. The molecule has 2 aliphatic rings.